The SMILES string of the molecule is COc1cccc(C=C2CC(=O)CCO2)c1. The Labute approximate surface area is 94.7 Å². The molecule has 0 unspecified atom stereocenters. The number of ether oxygens (including phenoxy) is 2. The fraction of sp³-hybridized carbons (Fsp3) is 0.308. The molecule has 1 saturated heterocycles. The molecular weight excluding hydrogens is 204 g/mol. The first-order valence-electron chi connectivity index (χ1n) is 5.27. The molecule has 0 radical (unpaired) electrons. The van der Waals surface area contributed by atoms with Crippen LogP contribution in [0.5, 0.6) is 5.75 Å². The van der Waals surface area contributed by atoms with Crippen molar-refractivity contribution in [2.75, 3.05) is 13.7 Å². The highest BCUT2D eigenvalue weighted by Crippen LogP contribution is 2.19. The lowest BCUT2D eigenvalue weighted by Gasteiger charge is -2.15. The van der Waals surface area contributed by atoms with Gasteiger partial charge in [0.15, 0.2) is 0 Å². The largest absolute Gasteiger partial charge is 0.497 e. The standard InChI is InChI=1S/C13H14O3/c1-15-12-4-2-3-10(7-12)8-13-9-11(14)5-6-16-13/h2-4,7-8H,5-6,9H2,1H3. The second-order valence-corrected chi connectivity index (χ2v) is 3.70. The second kappa shape index (κ2) is 4.84. The van der Waals surface area contributed by atoms with Crippen molar-refractivity contribution >= 4 is 11.9 Å². The zero-order valence-electron chi connectivity index (χ0n) is 9.23. The molecule has 0 bridgehead atoms. The Balaban J connectivity index is 2.17. The van der Waals surface area contributed by atoms with Crippen molar-refractivity contribution in [1.82, 2.24) is 0 Å². The zero-order valence-corrected chi connectivity index (χ0v) is 9.23. The Bertz CT molecular complexity index is 421. The number of methoxy groups -OCH3 is 1. The summed E-state index contributed by atoms with van der Waals surface area (Å²) in [6.07, 6.45) is 2.81. The summed E-state index contributed by atoms with van der Waals surface area (Å²) in [6.45, 7) is 0.495. The minimum Gasteiger partial charge on any atom is -0.497 e. The summed E-state index contributed by atoms with van der Waals surface area (Å²) < 4.78 is 10.6. The van der Waals surface area contributed by atoms with Gasteiger partial charge in [0.1, 0.15) is 17.3 Å². The molecule has 0 spiro atoms. The van der Waals surface area contributed by atoms with Gasteiger partial charge in [0.2, 0.25) is 0 Å². The molecule has 16 heavy (non-hydrogen) atoms. The van der Waals surface area contributed by atoms with E-state index in [1.807, 2.05) is 30.3 Å². The summed E-state index contributed by atoms with van der Waals surface area (Å²) in [5.74, 6) is 1.78. The maximum absolute atomic E-state index is 11.2. The second-order valence-electron chi connectivity index (χ2n) is 3.70. The third-order valence-electron chi connectivity index (χ3n) is 2.46. The van der Waals surface area contributed by atoms with Crippen LogP contribution in [0.1, 0.15) is 18.4 Å². The third kappa shape index (κ3) is 2.63. The molecule has 0 saturated carbocycles. The van der Waals surface area contributed by atoms with Crippen LogP contribution in [0.25, 0.3) is 6.08 Å². The smallest absolute Gasteiger partial charge is 0.143 e. The Hall–Kier alpha value is -1.77. The first kappa shape index (κ1) is 10.7. The van der Waals surface area contributed by atoms with E-state index in [-0.39, 0.29) is 5.78 Å². The van der Waals surface area contributed by atoms with E-state index >= 15 is 0 Å². The number of benzene rings is 1. The van der Waals surface area contributed by atoms with Gasteiger partial charge in [-0.05, 0) is 23.8 Å². The average molecular weight is 218 g/mol. The minimum absolute atomic E-state index is 0.236. The van der Waals surface area contributed by atoms with Crippen LogP contribution in [0.2, 0.25) is 0 Å². The van der Waals surface area contributed by atoms with E-state index in [1.54, 1.807) is 7.11 Å². The Morgan fingerprint density at radius 3 is 3.06 bits per heavy atom. The molecule has 1 heterocycles. The number of allylic oxidation sites excluding steroid dienone is 1. The van der Waals surface area contributed by atoms with E-state index in [2.05, 4.69) is 0 Å². The van der Waals surface area contributed by atoms with Gasteiger partial charge in [-0.1, -0.05) is 12.1 Å². The molecule has 0 aromatic heterocycles. The molecule has 0 amide bonds. The zero-order chi connectivity index (χ0) is 11.4. The van der Waals surface area contributed by atoms with Crippen LogP contribution in [0, 0.1) is 0 Å². The van der Waals surface area contributed by atoms with Gasteiger partial charge in [-0.15, -0.1) is 0 Å². The predicted octanol–water partition coefficient (Wildman–Crippen LogP) is 2.42. The van der Waals surface area contributed by atoms with Gasteiger partial charge in [-0.2, -0.15) is 0 Å². The van der Waals surface area contributed by atoms with Crippen LogP contribution in [-0.4, -0.2) is 19.5 Å². The molecule has 3 heteroatoms. The number of carbonyl (C=O) groups excluding carboxylic acids is 1. The molecule has 1 aromatic carbocycles. The van der Waals surface area contributed by atoms with E-state index in [1.165, 1.54) is 0 Å². The number of hydrogen-bond donors (Lipinski definition) is 0. The van der Waals surface area contributed by atoms with Crippen molar-refractivity contribution in [2.45, 2.75) is 12.8 Å². The number of ketones is 1. The first-order chi connectivity index (χ1) is 7.78. The van der Waals surface area contributed by atoms with Crippen molar-refractivity contribution in [3.05, 3.63) is 35.6 Å². The predicted molar refractivity (Wildman–Crippen MR) is 61.2 cm³/mol. The lowest BCUT2D eigenvalue weighted by Crippen LogP contribution is -2.12. The Morgan fingerprint density at radius 1 is 1.44 bits per heavy atom. The highest BCUT2D eigenvalue weighted by Gasteiger charge is 2.13. The fourth-order valence-electron chi connectivity index (χ4n) is 1.64. The van der Waals surface area contributed by atoms with Gasteiger partial charge >= 0.3 is 0 Å². The van der Waals surface area contributed by atoms with Crippen molar-refractivity contribution in [3.8, 4) is 5.75 Å². The molecule has 1 fully saturated rings. The van der Waals surface area contributed by atoms with Gasteiger partial charge < -0.3 is 9.47 Å². The Morgan fingerprint density at radius 2 is 2.31 bits per heavy atom. The van der Waals surface area contributed by atoms with E-state index < -0.39 is 0 Å². The monoisotopic (exact) mass is 218 g/mol. The van der Waals surface area contributed by atoms with E-state index in [4.69, 9.17) is 9.47 Å². The number of hydrogen-bond acceptors (Lipinski definition) is 3. The first-order valence-corrected chi connectivity index (χ1v) is 5.27. The molecule has 1 aliphatic rings. The van der Waals surface area contributed by atoms with Crippen molar-refractivity contribution in [1.29, 1.82) is 0 Å². The molecule has 3 nitrogen and oxygen atoms in total. The van der Waals surface area contributed by atoms with Gasteiger partial charge in [-0.3, -0.25) is 4.79 Å². The quantitative estimate of drug-likeness (QED) is 0.764. The normalized spacial score (nSPS) is 18.3. The molecule has 1 aromatic rings. The van der Waals surface area contributed by atoms with E-state index in [0.717, 1.165) is 17.1 Å². The summed E-state index contributed by atoms with van der Waals surface area (Å²) in [5, 5.41) is 0. The lowest BCUT2D eigenvalue weighted by atomic mass is 10.1. The average Bonchev–Trinajstić information content (AvgIpc) is 2.29. The highest BCUT2D eigenvalue weighted by molar-refractivity contribution is 5.82. The summed E-state index contributed by atoms with van der Waals surface area (Å²) >= 11 is 0. The van der Waals surface area contributed by atoms with Crippen molar-refractivity contribution in [2.24, 2.45) is 0 Å². The molecule has 0 N–H and O–H groups in total. The van der Waals surface area contributed by atoms with Crippen LogP contribution in [-0.2, 0) is 9.53 Å². The van der Waals surface area contributed by atoms with Crippen LogP contribution in [0.15, 0.2) is 30.0 Å². The van der Waals surface area contributed by atoms with Crippen molar-refractivity contribution in [3.63, 3.8) is 0 Å². The minimum atomic E-state index is 0.236. The molecule has 1 aliphatic heterocycles. The molecule has 0 atom stereocenters. The summed E-state index contributed by atoms with van der Waals surface area (Å²) in [7, 11) is 1.63. The number of rotatable bonds is 2. The van der Waals surface area contributed by atoms with Crippen LogP contribution in [0.4, 0.5) is 0 Å². The molecule has 2 rings (SSSR count). The molecule has 84 valence electrons. The number of Topliss-reactive ketones (excluding diaryl/α,β-unsaturated/α-hetero) is 1. The summed E-state index contributed by atoms with van der Waals surface area (Å²) in [4.78, 5) is 11.2. The van der Waals surface area contributed by atoms with Gasteiger partial charge in [0.05, 0.1) is 20.1 Å². The topological polar surface area (TPSA) is 35.5 Å². The van der Waals surface area contributed by atoms with Crippen LogP contribution in [0.3, 0.4) is 0 Å². The van der Waals surface area contributed by atoms with Gasteiger partial charge in [0, 0.05) is 6.42 Å². The maximum atomic E-state index is 11.2. The van der Waals surface area contributed by atoms with Crippen LogP contribution < -0.4 is 4.74 Å². The van der Waals surface area contributed by atoms with E-state index in [9.17, 15) is 4.79 Å². The maximum Gasteiger partial charge on any atom is 0.143 e. The van der Waals surface area contributed by atoms with Crippen molar-refractivity contribution < 1.29 is 14.3 Å². The van der Waals surface area contributed by atoms with E-state index in [0.29, 0.717) is 19.4 Å². The van der Waals surface area contributed by atoms with Gasteiger partial charge in [0.25, 0.3) is 0 Å². The van der Waals surface area contributed by atoms with Crippen LogP contribution >= 0.6 is 0 Å². The highest BCUT2D eigenvalue weighted by atomic mass is 16.5. The Kier molecular flexibility index (Phi) is 3.25. The number of carbonyl (C=O) groups is 1. The summed E-state index contributed by atoms with van der Waals surface area (Å²) in [5.41, 5.74) is 0.990. The fourth-order valence-corrected chi connectivity index (χ4v) is 1.64. The van der Waals surface area contributed by atoms with Gasteiger partial charge in [-0.25, -0.2) is 0 Å². The molecular formula is C13H14O3. The third-order valence-corrected chi connectivity index (χ3v) is 2.46. The lowest BCUT2D eigenvalue weighted by molar-refractivity contribution is -0.121. The summed E-state index contributed by atoms with van der Waals surface area (Å²) in [6, 6.07) is 7.66. The molecule has 0 aliphatic carbocycles.